The molecule has 0 aliphatic carbocycles. The molecular formula is C24H23Cl2F2N2S+. The molecule has 1 aliphatic heterocycles. The average molecular weight is 480 g/mol. The highest BCUT2D eigenvalue weighted by Gasteiger charge is 2.50. The van der Waals surface area contributed by atoms with Gasteiger partial charge in [-0.25, -0.2) is 8.78 Å². The molecule has 0 bridgehead atoms. The third-order valence-corrected chi connectivity index (χ3v) is 7.29. The normalized spacial score (nSPS) is 20.5. The highest BCUT2D eigenvalue weighted by molar-refractivity contribution is 8.00. The van der Waals surface area contributed by atoms with Gasteiger partial charge < -0.3 is 8.79 Å². The van der Waals surface area contributed by atoms with Crippen LogP contribution in [0.5, 0.6) is 0 Å². The number of likely N-dealkylation sites (N-methyl/N-ethyl adjacent to an activating group) is 1. The maximum atomic E-state index is 13.8. The van der Waals surface area contributed by atoms with Crippen molar-refractivity contribution >= 4 is 40.8 Å². The third-order valence-electron chi connectivity index (χ3n) is 5.88. The third kappa shape index (κ3) is 4.70. The lowest BCUT2D eigenvalue weighted by molar-refractivity contribution is -0.970. The van der Waals surface area contributed by atoms with Crippen LogP contribution in [0.3, 0.4) is 0 Å². The Labute approximate surface area is 196 Å². The topological polar surface area (TPSA) is 3.24 Å². The van der Waals surface area contributed by atoms with E-state index in [1.54, 1.807) is 0 Å². The number of halogens is 4. The number of benzene rings is 3. The zero-order valence-corrected chi connectivity index (χ0v) is 19.6. The fourth-order valence-corrected chi connectivity index (χ4v) is 5.60. The predicted molar refractivity (Wildman–Crippen MR) is 127 cm³/mol. The summed E-state index contributed by atoms with van der Waals surface area (Å²) in [4.78, 5) is 0. The Hall–Kier alpha value is -1.79. The van der Waals surface area contributed by atoms with Crippen molar-refractivity contribution in [1.29, 1.82) is 0 Å². The first-order chi connectivity index (χ1) is 14.8. The van der Waals surface area contributed by atoms with Gasteiger partial charge in [0.1, 0.15) is 36.8 Å². The monoisotopic (exact) mass is 479 g/mol. The Bertz CT molecular complexity index is 988. The quantitative estimate of drug-likeness (QED) is 0.277. The minimum Gasteiger partial charge on any atom is -0.312 e. The molecule has 1 aliphatic rings. The van der Waals surface area contributed by atoms with Crippen LogP contribution in [0.2, 0.25) is 10.0 Å². The Balaban J connectivity index is 1.64. The van der Waals surface area contributed by atoms with E-state index in [0.29, 0.717) is 15.7 Å². The lowest BCUT2D eigenvalue weighted by Gasteiger charge is -2.55. The molecule has 0 radical (unpaired) electrons. The molecule has 3 aromatic carbocycles. The molecule has 0 spiro atoms. The van der Waals surface area contributed by atoms with E-state index in [1.165, 1.54) is 35.2 Å². The van der Waals surface area contributed by atoms with Crippen LogP contribution in [-0.2, 0) is 0 Å². The molecule has 0 amide bonds. The number of hydrogen-bond donors (Lipinski definition) is 0. The summed E-state index contributed by atoms with van der Waals surface area (Å²) in [6.07, 6.45) is 1.93. The van der Waals surface area contributed by atoms with Crippen molar-refractivity contribution in [3.63, 3.8) is 0 Å². The summed E-state index contributed by atoms with van der Waals surface area (Å²) in [5.41, 5.74) is 2.89. The minimum atomic E-state index is -0.564. The van der Waals surface area contributed by atoms with E-state index in [0.717, 1.165) is 23.6 Å². The first-order valence-corrected chi connectivity index (χ1v) is 11.9. The molecular weight excluding hydrogens is 457 g/mol. The second-order valence-electron chi connectivity index (χ2n) is 8.14. The lowest BCUT2D eigenvalue weighted by Crippen LogP contribution is -2.69. The summed E-state index contributed by atoms with van der Waals surface area (Å²) in [5, 5.41) is 1.40. The Kier molecular flexibility index (Phi) is 6.50. The van der Waals surface area contributed by atoms with Crippen molar-refractivity contribution < 1.29 is 13.3 Å². The largest absolute Gasteiger partial charge is 0.312 e. The van der Waals surface area contributed by atoms with Crippen molar-refractivity contribution in [3.8, 4) is 0 Å². The molecule has 0 N–H and O–H groups in total. The maximum absolute atomic E-state index is 13.8. The van der Waals surface area contributed by atoms with Crippen LogP contribution in [0.4, 0.5) is 14.5 Å². The van der Waals surface area contributed by atoms with E-state index in [2.05, 4.69) is 31.3 Å². The summed E-state index contributed by atoms with van der Waals surface area (Å²) in [6, 6.07) is 19.8. The Morgan fingerprint density at radius 1 is 0.871 bits per heavy atom. The van der Waals surface area contributed by atoms with E-state index in [1.807, 2.05) is 34.8 Å². The van der Waals surface area contributed by atoms with Crippen molar-refractivity contribution in [3.05, 3.63) is 99.5 Å². The van der Waals surface area contributed by atoms with E-state index < -0.39 is 11.6 Å². The molecule has 31 heavy (non-hydrogen) atoms. The minimum absolute atomic E-state index is 0.0961. The van der Waals surface area contributed by atoms with Gasteiger partial charge in [-0.05, 0) is 36.4 Å². The summed E-state index contributed by atoms with van der Waals surface area (Å²) in [6.45, 7) is 1.66. The number of likely N-dealkylation sites (tertiary alicyclic amines) is 1. The number of anilines is 1. The van der Waals surface area contributed by atoms with Crippen LogP contribution in [0.1, 0.15) is 17.2 Å². The van der Waals surface area contributed by atoms with Crippen LogP contribution in [0, 0.1) is 11.6 Å². The maximum Gasteiger partial charge on any atom is 0.140 e. The molecule has 3 aromatic rings. The van der Waals surface area contributed by atoms with Gasteiger partial charge in [-0.2, -0.15) is 0 Å². The van der Waals surface area contributed by atoms with Crippen LogP contribution in [-0.4, -0.2) is 36.9 Å². The Morgan fingerprint density at radius 3 is 1.74 bits per heavy atom. The zero-order chi connectivity index (χ0) is 22.2. The number of hydrogen-bond acceptors (Lipinski definition) is 2. The fraction of sp³-hybridized carbons (Fsp3) is 0.250. The summed E-state index contributed by atoms with van der Waals surface area (Å²) >= 11 is 13.7. The first-order valence-electron chi connectivity index (χ1n) is 9.94. The van der Waals surface area contributed by atoms with Crippen LogP contribution >= 0.6 is 35.1 Å². The van der Waals surface area contributed by atoms with Gasteiger partial charge in [0.25, 0.3) is 0 Å². The zero-order valence-electron chi connectivity index (χ0n) is 17.2. The average Bonchev–Trinajstić information content (AvgIpc) is 2.70. The van der Waals surface area contributed by atoms with Gasteiger partial charge in [0.05, 0.1) is 12.7 Å². The molecule has 7 heteroatoms. The van der Waals surface area contributed by atoms with Gasteiger partial charge in [0.15, 0.2) is 0 Å². The lowest BCUT2D eigenvalue weighted by atomic mass is 9.90. The van der Waals surface area contributed by atoms with Crippen molar-refractivity contribution in [2.75, 3.05) is 30.7 Å². The summed E-state index contributed by atoms with van der Waals surface area (Å²) in [5.74, 6) is -1.13. The van der Waals surface area contributed by atoms with Crippen LogP contribution in [0.25, 0.3) is 0 Å². The number of rotatable bonds is 6. The second-order valence-corrected chi connectivity index (χ2v) is 9.77. The van der Waals surface area contributed by atoms with Gasteiger partial charge in [-0.1, -0.05) is 59.4 Å². The van der Waals surface area contributed by atoms with Crippen molar-refractivity contribution in [2.24, 2.45) is 0 Å². The smallest absolute Gasteiger partial charge is 0.140 e. The van der Waals surface area contributed by atoms with E-state index in [4.69, 9.17) is 23.2 Å². The standard InChI is InChI=1S/C24H23Cl2F2N2S/c1-30(14-23(15-30)29(31-2)22-12-20(27)11-21(28)13-22)24(16-3-7-18(25)8-4-16)17-5-9-19(26)10-6-17/h3-13,23-24H,14-15H2,1-2H3/q+1. The van der Waals surface area contributed by atoms with Gasteiger partial charge in [0, 0.05) is 33.5 Å². The van der Waals surface area contributed by atoms with Gasteiger partial charge in [-0.15, -0.1) is 0 Å². The summed E-state index contributed by atoms with van der Waals surface area (Å²) in [7, 11) is 2.22. The van der Waals surface area contributed by atoms with Crippen molar-refractivity contribution in [2.45, 2.75) is 12.1 Å². The molecule has 4 rings (SSSR count). The van der Waals surface area contributed by atoms with E-state index in [9.17, 15) is 8.78 Å². The van der Waals surface area contributed by atoms with E-state index >= 15 is 0 Å². The molecule has 0 atom stereocenters. The fourth-order valence-electron chi connectivity index (χ4n) is 4.60. The highest BCUT2D eigenvalue weighted by Crippen LogP contribution is 2.42. The second kappa shape index (κ2) is 8.99. The van der Waals surface area contributed by atoms with Gasteiger partial charge in [0.2, 0.25) is 0 Å². The Morgan fingerprint density at radius 2 is 1.32 bits per heavy atom. The predicted octanol–water partition coefficient (Wildman–Crippen LogP) is 6.97. The molecule has 1 heterocycles. The van der Waals surface area contributed by atoms with Gasteiger partial charge in [-0.3, -0.25) is 0 Å². The molecule has 0 saturated carbocycles. The summed E-state index contributed by atoms with van der Waals surface area (Å²) < 4.78 is 30.4. The highest BCUT2D eigenvalue weighted by atomic mass is 35.5. The molecule has 1 fully saturated rings. The molecule has 0 aromatic heterocycles. The van der Waals surface area contributed by atoms with Gasteiger partial charge >= 0.3 is 0 Å². The van der Waals surface area contributed by atoms with Crippen LogP contribution in [0.15, 0.2) is 66.7 Å². The number of nitrogens with zero attached hydrogens (tertiary/aromatic N) is 2. The molecule has 1 saturated heterocycles. The van der Waals surface area contributed by atoms with Crippen LogP contribution < -0.4 is 4.31 Å². The SMILES string of the molecule is CSN(c1cc(F)cc(F)c1)C1C[N+](C)(C(c2ccc(Cl)cc2)c2ccc(Cl)cc2)C1. The first kappa shape index (κ1) is 22.4. The molecule has 2 nitrogen and oxygen atoms in total. The van der Waals surface area contributed by atoms with Crippen molar-refractivity contribution in [1.82, 2.24) is 0 Å². The van der Waals surface area contributed by atoms with E-state index in [-0.39, 0.29) is 12.1 Å². The molecule has 162 valence electrons. The molecule has 0 unspecified atom stereocenters. The number of quaternary nitrogens is 1.